The molecule has 1 nitrogen and oxygen atoms in total. The minimum atomic E-state index is -4.62. The zero-order chi connectivity index (χ0) is 22.1. The fourth-order valence-electron chi connectivity index (χ4n) is 6.03. The summed E-state index contributed by atoms with van der Waals surface area (Å²) in [6.07, 6.45) is 15.8. The van der Waals surface area contributed by atoms with E-state index in [1.807, 2.05) is 12.1 Å². The number of hydrogen-bond acceptors (Lipinski definition) is 1. The van der Waals surface area contributed by atoms with Gasteiger partial charge in [0, 0.05) is 0 Å². The van der Waals surface area contributed by atoms with Crippen molar-refractivity contribution >= 4 is 0 Å². The van der Waals surface area contributed by atoms with Crippen molar-refractivity contribution in [3.8, 4) is 5.75 Å². The van der Waals surface area contributed by atoms with Gasteiger partial charge in [-0.05, 0) is 79.9 Å². The molecule has 0 aliphatic heterocycles. The molecule has 0 saturated heterocycles. The number of hydrogen-bond donors (Lipinski definition) is 0. The Morgan fingerprint density at radius 3 is 1.87 bits per heavy atom. The summed E-state index contributed by atoms with van der Waals surface area (Å²) in [6, 6.07) is 6.55. The molecule has 0 spiro atoms. The topological polar surface area (TPSA) is 9.23 Å². The summed E-state index contributed by atoms with van der Waals surface area (Å²) in [7, 11) is 0. The monoisotopic (exact) mass is 438 g/mol. The highest BCUT2D eigenvalue weighted by Crippen LogP contribution is 2.44. The first-order valence-corrected chi connectivity index (χ1v) is 12.8. The average molecular weight is 439 g/mol. The zero-order valence-corrected chi connectivity index (χ0v) is 19.3. The predicted octanol–water partition coefficient (Wildman–Crippen LogP) is 9.42. The molecule has 176 valence electrons. The fourth-order valence-corrected chi connectivity index (χ4v) is 6.03. The first kappa shape index (κ1) is 24.5. The van der Waals surface area contributed by atoms with Crippen LogP contribution in [0.15, 0.2) is 24.3 Å². The standard InChI is InChI=1S/C27H41F3O/c1-2-3-4-5-6-7-8-21-9-11-22(12-10-21)23-13-15-24(16-14-23)25-17-19-26(20-18-25)31-27(28,29)30/h17-24H,2-16H2,1H3/t21-,22-,23?,24?. The fraction of sp³-hybridized carbons (Fsp3) is 0.778. The van der Waals surface area contributed by atoms with Crippen LogP contribution in [-0.2, 0) is 0 Å². The first-order chi connectivity index (χ1) is 14.9. The average Bonchev–Trinajstić information content (AvgIpc) is 2.76. The van der Waals surface area contributed by atoms with Gasteiger partial charge in [0.05, 0.1) is 0 Å². The summed E-state index contributed by atoms with van der Waals surface area (Å²) in [6.45, 7) is 2.28. The van der Waals surface area contributed by atoms with Crippen LogP contribution in [0.2, 0.25) is 0 Å². The van der Waals surface area contributed by atoms with Crippen molar-refractivity contribution in [1.29, 1.82) is 0 Å². The van der Waals surface area contributed by atoms with E-state index in [1.54, 1.807) is 0 Å². The second kappa shape index (κ2) is 12.2. The molecule has 31 heavy (non-hydrogen) atoms. The maximum absolute atomic E-state index is 12.3. The lowest BCUT2D eigenvalue weighted by Crippen LogP contribution is -2.25. The molecular weight excluding hydrogens is 397 g/mol. The minimum Gasteiger partial charge on any atom is -0.406 e. The van der Waals surface area contributed by atoms with Crippen molar-refractivity contribution in [3.63, 3.8) is 0 Å². The zero-order valence-electron chi connectivity index (χ0n) is 19.3. The molecule has 3 rings (SSSR count). The molecule has 2 saturated carbocycles. The van der Waals surface area contributed by atoms with Gasteiger partial charge in [0.25, 0.3) is 0 Å². The molecule has 2 fully saturated rings. The van der Waals surface area contributed by atoms with Crippen LogP contribution in [-0.4, -0.2) is 6.36 Å². The summed E-state index contributed by atoms with van der Waals surface area (Å²) < 4.78 is 41.0. The summed E-state index contributed by atoms with van der Waals surface area (Å²) in [5.41, 5.74) is 1.16. The van der Waals surface area contributed by atoms with Crippen molar-refractivity contribution < 1.29 is 17.9 Å². The molecule has 2 aliphatic rings. The molecule has 1 aromatic carbocycles. The summed E-state index contributed by atoms with van der Waals surface area (Å²) >= 11 is 0. The van der Waals surface area contributed by atoms with E-state index in [0.29, 0.717) is 5.92 Å². The van der Waals surface area contributed by atoms with Crippen molar-refractivity contribution in [2.45, 2.75) is 116 Å². The largest absolute Gasteiger partial charge is 0.573 e. The third kappa shape index (κ3) is 8.35. The Morgan fingerprint density at radius 1 is 0.742 bits per heavy atom. The normalized spacial score (nSPS) is 27.2. The van der Waals surface area contributed by atoms with Gasteiger partial charge in [-0.2, -0.15) is 0 Å². The molecule has 0 unspecified atom stereocenters. The molecule has 0 amide bonds. The Balaban J connectivity index is 1.33. The highest BCUT2D eigenvalue weighted by molar-refractivity contribution is 5.29. The Labute approximate surface area is 187 Å². The van der Waals surface area contributed by atoms with Gasteiger partial charge < -0.3 is 4.74 Å². The van der Waals surface area contributed by atoms with Gasteiger partial charge in [-0.15, -0.1) is 13.2 Å². The SMILES string of the molecule is CCCCCCCC[C@H]1CC[C@H](C2CCC(c3ccc(OC(F)(F)F)cc3)CC2)CC1. The molecular formula is C27H41F3O. The van der Waals surface area contributed by atoms with Crippen LogP contribution in [0.5, 0.6) is 5.75 Å². The van der Waals surface area contributed by atoms with Crippen molar-refractivity contribution in [2.24, 2.45) is 17.8 Å². The number of unbranched alkanes of at least 4 members (excludes halogenated alkanes) is 5. The summed E-state index contributed by atoms with van der Waals surface area (Å²) in [4.78, 5) is 0. The number of alkyl halides is 3. The van der Waals surface area contributed by atoms with E-state index < -0.39 is 6.36 Å². The third-order valence-electron chi connectivity index (χ3n) is 7.88. The van der Waals surface area contributed by atoms with E-state index in [-0.39, 0.29) is 5.75 Å². The highest BCUT2D eigenvalue weighted by Gasteiger charge is 2.32. The van der Waals surface area contributed by atoms with Crippen LogP contribution in [0.4, 0.5) is 13.2 Å². The van der Waals surface area contributed by atoms with E-state index in [1.165, 1.54) is 108 Å². The molecule has 1 aromatic rings. The molecule has 0 radical (unpaired) electrons. The van der Waals surface area contributed by atoms with E-state index in [2.05, 4.69) is 11.7 Å². The van der Waals surface area contributed by atoms with Gasteiger partial charge in [0.15, 0.2) is 0 Å². The second-order valence-corrected chi connectivity index (χ2v) is 10.1. The maximum atomic E-state index is 12.3. The Morgan fingerprint density at radius 2 is 1.29 bits per heavy atom. The van der Waals surface area contributed by atoms with E-state index in [9.17, 15) is 13.2 Å². The smallest absolute Gasteiger partial charge is 0.406 e. The molecule has 4 heteroatoms. The lowest BCUT2D eigenvalue weighted by molar-refractivity contribution is -0.274. The van der Waals surface area contributed by atoms with Gasteiger partial charge in [-0.3, -0.25) is 0 Å². The van der Waals surface area contributed by atoms with Crippen LogP contribution in [0, 0.1) is 17.8 Å². The molecule has 2 aliphatic carbocycles. The first-order valence-electron chi connectivity index (χ1n) is 12.8. The Kier molecular flexibility index (Phi) is 9.59. The minimum absolute atomic E-state index is 0.123. The predicted molar refractivity (Wildman–Crippen MR) is 121 cm³/mol. The van der Waals surface area contributed by atoms with E-state index in [0.717, 1.165) is 23.3 Å². The Hall–Kier alpha value is -1.19. The van der Waals surface area contributed by atoms with Crippen molar-refractivity contribution in [1.82, 2.24) is 0 Å². The molecule has 0 N–H and O–H groups in total. The summed E-state index contributed by atoms with van der Waals surface area (Å²) in [5.74, 6) is 3.10. The van der Waals surface area contributed by atoms with E-state index in [4.69, 9.17) is 0 Å². The lowest BCUT2D eigenvalue weighted by Gasteiger charge is -2.38. The highest BCUT2D eigenvalue weighted by atomic mass is 19.4. The molecule has 0 heterocycles. The maximum Gasteiger partial charge on any atom is 0.573 e. The Bertz CT molecular complexity index is 608. The van der Waals surface area contributed by atoms with Crippen LogP contribution in [0.1, 0.15) is 115 Å². The second-order valence-electron chi connectivity index (χ2n) is 10.1. The van der Waals surface area contributed by atoms with Gasteiger partial charge in [0.2, 0.25) is 0 Å². The van der Waals surface area contributed by atoms with Gasteiger partial charge >= 0.3 is 6.36 Å². The molecule has 0 bridgehead atoms. The van der Waals surface area contributed by atoms with Gasteiger partial charge in [-0.1, -0.05) is 76.8 Å². The van der Waals surface area contributed by atoms with Gasteiger partial charge in [-0.25, -0.2) is 0 Å². The van der Waals surface area contributed by atoms with E-state index >= 15 is 0 Å². The van der Waals surface area contributed by atoms with Crippen molar-refractivity contribution in [3.05, 3.63) is 29.8 Å². The molecule has 0 atom stereocenters. The van der Waals surface area contributed by atoms with Crippen LogP contribution < -0.4 is 4.74 Å². The summed E-state index contributed by atoms with van der Waals surface area (Å²) in [5, 5.41) is 0. The number of halogens is 3. The number of benzene rings is 1. The van der Waals surface area contributed by atoms with Crippen LogP contribution in [0.3, 0.4) is 0 Å². The van der Waals surface area contributed by atoms with Crippen LogP contribution >= 0.6 is 0 Å². The van der Waals surface area contributed by atoms with Gasteiger partial charge in [0.1, 0.15) is 5.75 Å². The molecule has 0 aromatic heterocycles. The van der Waals surface area contributed by atoms with Crippen LogP contribution in [0.25, 0.3) is 0 Å². The quantitative estimate of drug-likeness (QED) is 0.331. The number of rotatable bonds is 10. The lowest BCUT2D eigenvalue weighted by atomic mass is 9.68. The van der Waals surface area contributed by atoms with Crippen molar-refractivity contribution in [2.75, 3.05) is 0 Å². The third-order valence-corrected chi connectivity index (χ3v) is 7.88. The number of ether oxygens (including phenoxy) is 1.